The van der Waals surface area contributed by atoms with Crippen molar-refractivity contribution in [2.24, 2.45) is 0 Å². The number of hydrogen-bond acceptors (Lipinski definition) is 4. The van der Waals surface area contributed by atoms with Crippen LogP contribution in [0.25, 0.3) is 0 Å². The number of ether oxygens (including phenoxy) is 2. The first-order valence-electron chi connectivity index (χ1n) is 10.3. The van der Waals surface area contributed by atoms with Crippen LogP contribution in [-0.4, -0.2) is 9.28 Å². The molecule has 0 fully saturated rings. The van der Waals surface area contributed by atoms with E-state index >= 15 is 0 Å². The van der Waals surface area contributed by atoms with Gasteiger partial charge in [0.05, 0.1) is 0 Å². The van der Waals surface area contributed by atoms with Gasteiger partial charge in [-0.15, -0.1) is 0 Å². The van der Waals surface area contributed by atoms with E-state index in [1.807, 2.05) is 109 Å². The summed E-state index contributed by atoms with van der Waals surface area (Å²) in [5, 5.41) is 0. The van der Waals surface area contributed by atoms with Gasteiger partial charge in [-0.2, -0.15) is 0 Å². The van der Waals surface area contributed by atoms with Gasteiger partial charge in [0.2, 0.25) is 0 Å². The molecule has 4 rings (SSSR count). The van der Waals surface area contributed by atoms with Crippen molar-refractivity contribution >= 4 is 9.28 Å². The molecule has 0 radical (unpaired) electrons. The molecule has 4 nitrogen and oxygen atoms in total. The lowest BCUT2D eigenvalue weighted by molar-refractivity contribution is 0.416. The number of rotatable bonds is 9. The molecule has 5 heteroatoms. The van der Waals surface area contributed by atoms with Crippen molar-refractivity contribution in [2.45, 2.75) is 13.0 Å². The van der Waals surface area contributed by atoms with Crippen LogP contribution in [0, 0.1) is 0 Å². The van der Waals surface area contributed by atoms with Crippen LogP contribution in [0.15, 0.2) is 109 Å². The maximum absolute atomic E-state index is 6.20. The van der Waals surface area contributed by atoms with Crippen LogP contribution in [0.3, 0.4) is 0 Å². The zero-order valence-corrected chi connectivity index (χ0v) is 18.5. The van der Waals surface area contributed by atoms with Gasteiger partial charge in [0.1, 0.15) is 34.5 Å². The number of benzene rings is 4. The molecule has 0 atom stereocenters. The molecule has 31 heavy (non-hydrogen) atoms. The third-order valence-corrected chi connectivity index (χ3v) is 6.17. The van der Waals surface area contributed by atoms with Crippen LogP contribution in [0.1, 0.15) is 6.92 Å². The van der Waals surface area contributed by atoms with E-state index in [2.05, 4.69) is 6.92 Å². The maximum Gasteiger partial charge on any atom is 0.443 e. The summed E-state index contributed by atoms with van der Waals surface area (Å²) in [7, 11) is -1.99. The van der Waals surface area contributed by atoms with Gasteiger partial charge in [-0.3, -0.25) is 0 Å². The Morgan fingerprint density at radius 3 is 1.29 bits per heavy atom. The fourth-order valence-electron chi connectivity index (χ4n) is 2.97. The highest BCUT2D eigenvalue weighted by molar-refractivity contribution is 6.46. The Hall–Kier alpha value is -3.70. The molecule has 0 aromatic heterocycles. The average molecular weight is 429 g/mol. The first kappa shape index (κ1) is 20.6. The molecule has 156 valence electrons. The molecule has 4 aromatic carbocycles. The molecule has 0 bridgehead atoms. The fraction of sp³-hybridized carbons (Fsp3) is 0.0769. The van der Waals surface area contributed by atoms with Crippen molar-refractivity contribution in [3.8, 4) is 34.5 Å². The second kappa shape index (κ2) is 10.4. The highest BCUT2D eigenvalue weighted by Crippen LogP contribution is 2.28. The fourth-order valence-corrected chi connectivity index (χ4v) is 4.25. The van der Waals surface area contributed by atoms with E-state index in [1.165, 1.54) is 0 Å². The minimum absolute atomic E-state index is 0.728. The Morgan fingerprint density at radius 1 is 0.484 bits per heavy atom. The molecule has 0 aliphatic heterocycles. The van der Waals surface area contributed by atoms with E-state index in [1.54, 1.807) is 0 Å². The Kier molecular flexibility index (Phi) is 6.87. The number of para-hydroxylation sites is 2. The second-order valence-electron chi connectivity index (χ2n) is 6.85. The van der Waals surface area contributed by atoms with E-state index in [0.29, 0.717) is 0 Å². The minimum Gasteiger partial charge on any atom is -0.514 e. The largest absolute Gasteiger partial charge is 0.514 e. The van der Waals surface area contributed by atoms with Gasteiger partial charge in [-0.05, 0) is 48.5 Å². The van der Waals surface area contributed by atoms with Gasteiger partial charge in [0.15, 0.2) is 0 Å². The molecule has 0 heterocycles. The first-order chi connectivity index (χ1) is 15.3. The molecule has 0 unspecified atom stereocenters. The normalized spacial score (nSPS) is 10.5. The molecular formula is C26H24O4Si. The van der Waals surface area contributed by atoms with Crippen molar-refractivity contribution in [1.82, 2.24) is 0 Å². The first-order valence-corrected chi connectivity index (χ1v) is 12.0. The molecule has 0 saturated heterocycles. The summed E-state index contributed by atoms with van der Waals surface area (Å²) in [5.41, 5.74) is 0. The van der Waals surface area contributed by atoms with Crippen molar-refractivity contribution in [2.75, 3.05) is 0 Å². The zero-order valence-electron chi connectivity index (χ0n) is 17.3. The van der Waals surface area contributed by atoms with Gasteiger partial charge in [-0.1, -0.05) is 55.5 Å². The van der Waals surface area contributed by atoms with Crippen LogP contribution < -0.4 is 18.3 Å². The summed E-state index contributed by atoms with van der Waals surface area (Å²) in [6, 6.07) is 35.5. The lowest BCUT2D eigenvalue weighted by atomic mass is 10.3. The molecule has 0 amide bonds. The third-order valence-electron chi connectivity index (χ3n) is 4.44. The summed E-state index contributed by atoms with van der Waals surface area (Å²) < 4.78 is 24.2. The Bertz CT molecular complexity index is 1000. The SMILES string of the molecule is CC[SiH](Oc1cccc(Oc2ccccc2)c1)Oc1cccc(Oc2ccccc2)c1. The summed E-state index contributed by atoms with van der Waals surface area (Å²) in [5.74, 6) is 4.51. The molecule has 0 spiro atoms. The van der Waals surface area contributed by atoms with E-state index in [0.717, 1.165) is 40.5 Å². The van der Waals surface area contributed by atoms with Crippen molar-refractivity contribution in [1.29, 1.82) is 0 Å². The highest BCUT2D eigenvalue weighted by Gasteiger charge is 2.16. The molecule has 0 aliphatic carbocycles. The lowest BCUT2D eigenvalue weighted by Crippen LogP contribution is -2.28. The van der Waals surface area contributed by atoms with E-state index in [-0.39, 0.29) is 0 Å². The average Bonchev–Trinajstić information content (AvgIpc) is 2.80. The van der Waals surface area contributed by atoms with Crippen LogP contribution in [-0.2, 0) is 0 Å². The summed E-state index contributed by atoms with van der Waals surface area (Å²) in [6.45, 7) is 2.07. The van der Waals surface area contributed by atoms with E-state index in [4.69, 9.17) is 18.3 Å². The van der Waals surface area contributed by atoms with Crippen molar-refractivity contribution in [3.05, 3.63) is 109 Å². The number of hydrogen-bond donors (Lipinski definition) is 0. The predicted octanol–water partition coefficient (Wildman–Crippen LogP) is 6.97. The topological polar surface area (TPSA) is 36.9 Å². The Balaban J connectivity index is 1.41. The van der Waals surface area contributed by atoms with Gasteiger partial charge in [0, 0.05) is 18.2 Å². The molecule has 0 N–H and O–H groups in total. The Labute approximate surface area is 184 Å². The van der Waals surface area contributed by atoms with E-state index < -0.39 is 9.28 Å². The Morgan fingerprint density at radius 2 is 0.871 bits per heavy atom. The smallest absolute Gasteiger partial charge is 0.443 e. The van der Waals surface area contributed by atoms with Crippen LogP contribution in [0.4, 0.5) is 0 Å². The zero-order chi connectivity index (χ0) is 21.3. The van der Waals surface area contributed by atoms with Crippen LogP contribution in [0.5, 0.6) is 34.5 Å². The van der Waals surface area contributed by atoms with Gasteiger partial charge >= 0.3 is 9.28 Å². The van der Waals surface area contributed by atoms with Gasteiger partial charge < -0.3 is 18.3 Å². The van der Waals surface area contributed by atoms with Crippen molar-refractivity contribution < 1.29 is 18.3 Å². The van der Waals surface area contributed by atoms with Gasteiger partial charge in [-0.25, -0.2) is 0 Å². The highest BCUT2D eigenvalue weighted by atomic mass is 28.3. The van der Waals surface area contributed by atoms with Crippen LogP contribution >= 0.6 is 0 Å². The van der Waals surface area contributed by atoms with Gasteiger partial charge in [0.25, 0.3) is 0 Å². The standard InChI is InChI=1S/C26H24O4Si/c1-2-31(29-25-17-9-15-23(19-25)27-21-11-5-3-6-12-21)30-26-18-10-16-24(20-26)28-22-13-7-4-8-14-22/h3-20,31H,2H2,1H3. The monoisotopic (exact) mass is 428 g/mol. The molecule has 4 aromatic rings. The van der Waals surface area contributed by atoms with E-state index in [9.17, 15) is 0 Å². The quantitative estimate of drug-likeness (QED) is 0.270. The molecular weight excluding hydrogens is 404 g/mol. The van der Waals surface area contributed by atoms with Crippen LogP contribution in [0.2, 0.25) is 6.04 Å². The maximum atomic E-state index is 6.20. The molecule has 0 aliphatic rings. The summed E-state index contributed by atoms with van der Waals surface area (Å²) >= 11 is 0. The predicted molar refractivity (Wildman–Crippen MR) is 125 cm³/mol. The second-order valence-corrected chi connectivity index (χ2v) is 9.00. The third kappa shape index (κ3) is 6.14. The lowest BCUT2D eigenvalue weighted by Gasteiger charge is -2.18. The molecule has 0 saturated carbocycles. The minimum atomic E-state index is -1.99. The summed E-state index contributed by atoms with van der Waals surface area (Å²) in [6.07, 6.45) is 0. The van der Waals surface area contributed by atoms with Crippen molar-refractivity contribution in [3.63, 3.8) is 0 Å². The summed E-state index contributed by atoms with van der Waals surface area (Å²) in [4.78, 5) is 0.